The van der Waals surface area contributed by atoms with Gasteiger partial charge in [0.15, 0.2) is 0 Å². The number of nitrogens with zero attached hydrogens (tertiary/aromatic N) is 3. The molecule has 5 heteroatoms. The molecule has 0 radical (unpaired) electrons. The number of benzene rings is 7. The van der Waals surface area contributed by atoms with Crippen LogP contribution in [0.1, 0.15) is 132 Å². The summed E-state index contributed by atoms with van der Waals surface area (Å²) in [6, 6.07) is 46.2. The predicted octanol–water partition coefficient (Wildman–Crippen LogP) is 16.2. The topological polar surface area (TPSA) is 12.6 Å². The van der Waals surface area contributed by atoms with E-state index in [-0.39, 0.29) is 33.8 Å². The Kier molecular flexibility index (Phi) is 8.37. The van der Waals surface area contributed by atoms with Crippen molar-refractivity contribution in [2.75, 3.05) is 4.90 Å². The van der Waals surface area contributed by atoms with Crippen molar-refractivity contribution < 1.29 is 0 Å². The minimum Gasteiger partial charge on any atom is -0.311 e. The van der Waals surface area contributed by atoms with E-state index in [1.165, 1.54) is 136 Å². The molecule has 0 fully saturated rings. The average molecular weight is 918 g/mol. The van der Waals surface area contributed by atoms with Gasteiger partial charge in [-0.25, -0.2) is 0 Å². The van der Waals surface area contributed by atoms with Crippen LogP contribution in [-0.4, -0.2) is 15.7 Å². The lowest BCUT2D eigenvalue weighted by Gasteiger charge is -2.42. The molecule has 0 amide bonds. The molecule has 0 saturated heterocycles. The molecule has 6 heterocycles. The van der Waals surface area contributed by atoms with Gasteiger partial charge in [-0.15, -0.1) is 11.3 Å². The molecule has 11 aromatic rings. The van der Waals surface area contributed by atoms with Crippen LogP contribution in [0.2, 0.25) is 0 Å². The Balaban J connectivity index is 1.35. The quantitative estimate of drug-likeness (QED) is 0.150. The highest BCUT2D eigenvalue weighted by Gasteiger charge is 2.47. The fraction of sp³-hybridized carbons (Fsp3) is 0.312. The van der Waals surface area contributed by atoms with E-state index >= 15 is 0 Å². The second-order valence-electron chi connectivity index (χ2n) is 25.9. The molecule has 3 nitrogen and oxygen atoms in total. The summed E-state index contributed by atoms with van der Waals surface area (Å²) in [4.78, 5) is 2.70. The van der Waals surface area contributed by atoms with Crippen LogP contribution in [0.4, 0.5) is 17.1 Å². The smallest absolute Gasteiger partial charge is 0.252 e. The molecule has 0 atom stereocenters. The van der Waals surface area contributed by atoms with Crippen molar-refractivity contribution in [2.24, 2.45) is 0 Å². The van der Waals surface area contributed by atoms with Crippen molar-refractivity contribution in [2.45, 2.75) is 131 Å². The highest BCUT2D eigenvalue weighted by atomic mass is 32.1. The van der Waals surface area contributed by atoms with Crippen LogP contribution in [-0.2, 0) is 27.1 Å². The van der Waals surface area contributed by atoms with E-state index in [2.05, 4.69) is 233 Å². The third-order valence-electron chi connectivity index (χ3n) is 16.2. The van der Waals surface area contributed by atoms with Crippen LogP contribution in [0.3, 0.4) is 0 Å². The summed E-state index contributed by atoms with van der Waals surface area (Å²) in [5, 5.41) is 8.07. The zero-order valence-corrected chi connectivity index (χ0v) is 44.1. The van der Waals surface area contributed by atoms with Crippen LogP contribution < -0.4 is 21.3 Å². The first-order valence-electron chi connectivity index (χ1n) is 25.3. The first-order chi connectivity index (χ1) is 32.4. The molecule has 0 aliphatic carbocycles. The summed E-state index contributed by atoms with van der Waals surface area (Å²) in [7, 11) is 0. The van der Waals surface area contributed by atoms with Crippen molar-refractivity contribution in [3.63, 3.8) is 0 Å². The van der Waals surface area contributed by atoms with Crippen LogP contribution in [0.5, 0.6) is 0 Å². The van der Waals surface area contributed by atoms with Crippen molar-refractivity contribution in [3.8, 4) is 5.69 Å². The zero-order chi connectivity index (χ0) is 48.4. The number of aromatic nitrogens is 2. The maximum Gasteiger partial charge on any atom is 0.252 e. The van der Waals surface area contributed by atoms with Crippen molar-refractivity contribution in [3.05, 3.63) is 143 Å². The summed E-state index contributed by atoms with van der Waals surface area (Å²) >= 11 is 1.97. The van der Waals surface area contributed by atoms with Gasteiger partial charge in [-0.3, -0.25) is 0 Å². The minimum absolute atomic E-state index is 0.0231. The number of anilines is 3. The number of fused-ring (bicyclic) bond motifs is 17. The first-order valence-corrected chi connectivity index (χ1v) is 26.1. The van der Waals surface area contributed by atoms with Gasteiger partial charge in [0.05, 0.1) is 43.7 Å². The first kappa shape index (κ1) is 43.0. The molecule has 2 aliphatic heterocycles. The van der Waals surface area contributed by atoms with Gasteiger partial charge in [0.2, 0.25) is 0 Å². The van der Waals surface area contributed by atoms with E-state index in [0.717, 1.165) is 0 Å². The normalized spacial score (nSPS) is 14.5. The lowest BCUT2D eigenvalue weighted by molar-refractivity contribution is 0.590. The predicted molar refractivity (Wildman–Crippen MR) is 304 cm³/mol. The molecule has 0 N–H and O–H groups in total. The maximum atomic E-state index is 2.79. The summed E-state index contributed by atoms with van der Waals surface area (Å²) < 4.78 is 8.16. The van der Waals surface area contributed by atoms with Gasteiger partial charge in [-0.2, -0.15) is 0 Å². The Morgan fingerprint density at radius 3 is 1.52 bits per heavy atom. The Hall–Kier alpha value is -6.04. The standard InChI is InChI=1S/C64H64BN3S/c1-60(2,3)35-20-25-40(26-21-35)66-49-29-24-38(63(10,11)12)33-45(49)65-46-34-39(64(13,14)15)32-44-54(46)68(55-41-18-16-17-19-50(41)69-59(44)55)58-52-43-31-37(62(7,8)9)23-28-48(43)67-47-27-22-36(61(4,5)6)30-42(47)51(56(52)67)57(66)53(58)65/h16-34H,1-15H3. The Labute approximate surface area is 412 Å². The van der Waals surface area contributed by atoms with Gasteiger partial charge in [0, 0.05) is 48.4 Å². The molecule has 69 heavy (non-hydrogen) atoms. The lowest BCUT2D eigenvalue weighted by Crippen LogP contribution is -2.61. The summed E-state index contributed by atoms with van der Waals surface area (Å²) in [6.07, 6.45) is 0. The molecule has 0 spiro atoms. The minimum atomic E-state index is -0.0679. The van der Waals surface area contributed by atoms with Crippen LogP contribution in [0, 0.1) is 0 Å². The largest absolute Gasteiger partial charge is 0.311 e. The highest BCUT2D eigenvalue weighted by molar-refractivity contribution is 7.26. The van der Waals surface area contributed by atoms with Crippen LogP contribution >= 0.6 is 11.3 Å². The summed E-state index contributed by atoms with van der Waals surface area (Å²) in [5.74, 6) is 0. The molecule has 344 valence electrons. The van der Waals surface area contributed by atoms with E-state index in [4.69, 9.17) is 0 Å². The second-order valence-corrected chi connectivity index (χ2v) is 27.0. The molecule has 7 aromatic carbocycles. The SMILES string of the molecule is CC(C)(C)c1ccc(N2c3ccc(C(C)(C)C)cc3B3c4c2c2c5cc(C(C)(C)C)ccc5n5c6ccc(C(C)(C)C)cc6c(c4-n4c6c3cc(C(C)(C)C)cc6c3sc6ccccc6c34)c25)cc1. The van der Waals surface area contributed by atoms with Crippen molar-refractivity contribution in [1.29, 1.82) is 0 Å². The number of hydrogen-bond donors (Lipinski definition) is 0. The Morgan fingerprint density at radius 1 is 0.420 bits per heavy atom. The molecule has 0 unspecified atom stereocenters. The van der Waals surface area contributed by atoms with E-state index in [0.29, 0.717) is 0 Å². The van der Waals surface area contributed by atoms with Gasteiger partial charge >= 0.3 is 0 Å². The number of rotatable bonds is 1. The number of hydrogen-bond acceptors (Lipinski definition) is 2. The van der Waals surface area contributed by atoms with Crippen molar-refractivity contribution >= 4 is 121 Å². The van der Waals surface area contributed by atoms with E-state index in [1.54, 1.807) is 0 Å². The Morgan fingerprint density at radius 2 is 0.928 bits per heavy atom. The van der Waals surface area contributed by atoms with E-state index in [9.17, 15) is 0 Å². The van der Waals surface area contributed by atoms with Gasteiger partial charge < -0.3 is 13.9 Å². The van der Waals surface area contributed by atoms with E-state index < -0.39 is 0 Å². The lowest BCUT2D eigenvalue weighted by atomic mass is 9.33. The third kappa shape index (κ3) is 5.80. The number of thiophene rings is 1. The molecular formula is C64H64BN3S. The molecule has 0 bridgehead atoms. The average Bonchev–Trinajstić information content (AvgIpc) is 4.01. The van der Waals surface area contributed by atoms with Crippen molar-refractivity contribution in [1.82, 2.24) is 8.97 Å². The van der Waals surface area contributed by atoms with E-state index in [1.807, 2.05) is 11.3 Å². The molecule has 0 saturated carbocycles. The molecule has 2 aliphatic rings. The summed E-state index contributed by atoms with van der Waals surface area (Å²) in [5.41, 5.74) is 22.5. The maximum absolute atomic E-state index is 2.79. The third-order valence-corrected chi connectivity index (χ3v) is 17.4. The zero-order valence-electron chi connectivity index (χ0n) is 43.3. The highest BCUT2D eigenvalue weighted by Crippen LogP contribution is 2.54. The Bertz CT molecular complexity index is 4020. The molecule has 4 aromatic heterocycles. The summed E-state index contributed by atoms with van der Waals surface area (Å²) in [6.45, 7) is 35.4. The fourth-order valence-corrected chi connectivity index (χ4v) is 13.5. The van der Waals surface area contributed by atoms with Gasteiger partial charge in [-0.1, -0.05) is 165 Å². The van der Waals surface area contributed by atoms with Gasteiger partial charge in [0.25, 0.3) is 6.71 Å². The fourth-order valence-electron chi connectivity index (χ4n) is 12.3. The molecular weight excluding hydrogens is 854 g/mol. The van der Waals surface area contributed by atoms with Gasteiger partial charge in [-0.05, 0) is 126 Å². The second kappa shape index (κ2) is 13.4. The molecule has 13 rings (SSSR count). The van der Waals surface area contributed by atoms with Gasteiger partial charge in [0.1, 0.15) is 0 Å². The monoisotopic (exact) mass is 917 g/mol. The van der Waals surface area contributed by atoms with Crippen LogP contribution in [0.15, 0.2) is 115 Å². The van der Waals surface area contributed by atoms with Crippen LogP contribution in [0.25, 0.3) is 75.0 Å².